The second-order valence-corrected chi connectivity index (χ2v) is 2.56. The molecular weight excluding hydrogens is 162 g/mol. The van der Waals surface area contributed by atoms with Crippen molar-refractivity contribution >= 4 is 5.82 Å². The van der Waals surface area contributed by atoms with E-state index in [9.17, 15) is 9.90 Å². The summed E-state index contributed by atoms with van der Waals surface area (Å²) in [6.45, 7) is 0. The van der Waals surface area contributed by atoms with Gasteiger partial charge < -0.3 is 15.4 Å². The van der Waals surface area contributed by atoms with Crippen LogP contribution in [0.1, 0.15) is 11.9 Å². The normalized spacial score (nSPS) is 27.8. The van der Waals surface area contributed by atoms with E-state index in [-0.39, 0.29) is 5.69 Å². The predicted molar refractivity (Wildman–Crippen MR) is 41.1 cm³/mol. The third-order valence-electron chi connectivity index (χ3n) is 1.67. The molecule has 0 aliphatic carbocycles. The van der Waals surface area contributed by atoms with E-state index in [0.29, 0.717) is 11.5 Å². The largest absolute Gasteiger partial charge is 0.372 e. The SMILES string of the molecule is NC1Nc2[nH]c(=O)[nH]c2C(O)N1. The second kappa shape index (κ2) is 2.34. The van der Waals surface area contributed by atoms with Gasteiger partial charge in [-0.2, -0.15) is 0 Å². The number of aromatic amines is 2. The van der Waals surface area contributed by atoms with Crippen molar-refractivity contribution in [3.63, 3.8) is 0 Å². The van der Waals surface area contributed by atoms with Gasteiger partial charge in [0.25, 0.3) is 0 Å². The van der Waals surface area contributed by atoms with Crippen LogP contribution in [-0.4, -0.2) is 21.4 Å². The first-order valence-electron chi connectivity index (χ1n) is 3.45. The number of anilines is 1. The van der Waals surface area contributed by atoms with Crippen LogP contribution in [0.3, 0.4) is 0 Å². The Hall–Kier alpha value is -1.31. The van der Waals surface area contributed by atoms with E-state index in [2.05, 4.69) is 20.6 Å². The van der Waals surface area contributed by atoms with Gasteiger partial charge in [-0.1, -0.05) is 0 Å². The molecule has 2 rings (SSSR count). The van der Waals surface area contributed by atoms with Crippen LogP contribution in [0.4, 0.5) is 5.82 Å². The lowest BCUT2D eigenvalue weighted by atomic mass is 10.3. The molecule has 2 atom stereocenters. The molecule has 7 nitrogen and oxygen atoms in total. The maximum atomic E-state index is 10.8. The molecule has 1 aliphatic rings. The Morgan fingerprint density at radius 3 is 2.92 bits per heavy atom. The molecule has 2 unspecified atom stereocenters. The lowest BCUT2D eigenvalue weighted by Crippen LogP contribution is -2.49. The van der Waals surface area contributed by atoms with Crippen molar-refractivity contribution in [1.82, 2.24) is 15.3 Å². The summed E-state index contributed by atoms with van der Waals surface area (Å²) in [5, 5.41) is 14.6. The quantitative estimate of drug-likeness (QED) is 0.268. The highest BCUT2D eigenvalue weighted by atomic mass is 16.3. The van der Waals surface area contributed by atoms with Crippen LogP contribution < -0.4 is 22.1 Å². The highest BCUT2D eigenvalue weighted by molar-refractivity contribution is 5.43. The van der Waals surface area contributed by atoms with Crippen molar-refractivity contribution in [2.75, 3.05) is 5.32 Å². The first-order chi connectivity index (χ1) is 5.66. The lowest BCUT2D eigenvalue weighted by molar-refractivity contribution is 0.119. The maximum absolute atomic E-state index is 10.8. The summed E-state index contributed by atoms with van der Waals surface area (Å²) >= 11 is 0. The summed E-state index contributed by atoms with van der Waals surface area (Å²) in [6.07, 6.45) is -1.49. The zero-order valence-corrected chi connectivity index (χ0v) is 6.09. The summed E-state index contributed by atoms with van der Waals surface area (Å²) in [6, 6.07) is 0. The Morgan fingerprint density at radius 1 is 1.42 bits per heavy atom. The molecule has 1 aromatic rings. The topological polar surface area (TPSA) is 119 Å². The van der Waals surface area contributed by atoms with Gasteiger partial charge in [-0.15, -0.1) is 0 Å². The van der Waals surface area contributed by atoms with E-state index in [1.807, 2.05) is 0 Å². The van der Waals surface area contributed by atoms with Gasteiger partial charge in [-0.05, 0) is 0 Å². The molecule has 0 bridgehead atoms. The summed E-state index contributed by atoms with van der Waals surface area (Å²) in [5.74, 6) is 0.429. The monoisotopic (exact) mass is 171 g/mol. The van der Waals surface area contributed by atoms with E-state index in [4.69, 9.17) is 5.73 Å². The third-order valence-corrected chi connectivity index (χ3v) is 1.67. The number of nitrogens with one attached hydrogen (secondary N) is 4. The van der Waals surface area contributed by atoms with Gasteiger partial charge in [0, 0.05) is 0 Å². The second-order valence-electron chi connectivity index (χ2n) is 2.56. The fraction of sp³-hybridized carbons (Fsp3) is 0.400. The molecular formula is C5H9N5O2. The van der Waals surface area contributed by atoms with Gasteiger partial charge in [0.1, 0.15) is 17.8 Å². The van der Waals surface area contributed by atoms with Crippen LogP contribution in [0.2, 0.25) is 0 Å². The minimum atomic E-state index is -0.935. The van der Waals surface area contributed by atoms with Crippen LogP contribution in [0.15, 0.2) is 4.79 Å². The van der Waals surface area contributed by atoms with Crippen molar-refractivity contribution in [2.45, 2.75) is 12.5 Å². The predicted octanol–water partition coefficient (Wildman–Crippen LogP) is -2.05. The molecule has 0 radical (unpaired) electrons. The fourth-order valence-electron chi connectivity index (χ4n) is 1.17. The van der Waals surface area contributed by atoms with Crippen LogP contribution in [0.5, 0.6) is 0 Å². The molecule has 0 saturated heterocycles. The molecule has 2 heterocycles. The number of aliphatic hydroxyl groups is 1. The average molecular weight is 171 g/mol. The number of imidazole rings is 1. The number of aromatic nitrogens is 2. The highest BCUT2D eigenvalue weighted by Crippen LogP contribution is 2.18. The molecule has 0 spiro atoms. The number of nitrogens with two attached hydrogens (primary N) is 1. The highest BCUT2D eigenvalue weighted by Gasteiger charge is 2.23. The number of hydrogen-bond acceptors (Lipinski definition) is 5. The minimum Gasteiger partial charge on any atom is -0.372 e. The van der Waals surface area contributed by atoms with Crippen molar-refractivity contribution < 1.29 is 5.11 Å². The van der Waals surface area contributed by atoms with E-state index < -0.39 is 12.5 Å². The summed E-state index contributed by atoms with van der Waals surface area (Å²) in [4.78, 5) is 15.7. The summed E-state index contributed by atoms with van der Waals surface area (Å²) < 4.78 is 0. The lowest BCUT2D eigenvalue weighted by Gasteiger charge is -2.25. The van der Waals surface area contributed by atoms with E-state index in [1.54, 1.807) is 0 Å². The Bertz CT molecular complexity index is 342. The first-order valence-corrected chi connectivity index (χ1v) is 3.45. The number of hydrogen-bond donors (Lipinski definition) is 6. The van der Waals surface area contributed by atoms with E-state index in [1.165, 1.54) is 0 Å². The van der Waals surface area contributed by atoms with Gasteiger partial charge in [0.05, 0.1) is 0 Å². The molecule has 0 saturated carbocycles. The molecule has 0 aromatic carbocycles. The average Bonchev–Trinajstić information content (AvgIpc) is 2.29. The molecule has 0 fully saturated rings. The Morgan fingerprint density at radius 2 is 2.17 bits per heavy atom. The first kappa shape index (κ1) is 7.35. The third kappa shape index (κ3) is 0.998. The zero-order chi connectivity index (χ0) is 8.72. The standard InChI is InChI=1S/C5H9N5O2/c6-4-8-2-1(3(11)10-4)7-5(12)9-2/h3-4,8,10-11H,6H2,(H2,7,9,12). The van der Waals surface area contributed by atoms with Gasteiger partial charge in [-0.3, -0.25) is 16.0 Å². The number of aliphatic hydroxyl groups excluding tert-OH is 1. The van der Waals surface area contributed by atoms with Crippen LogP contribution in [-0.2, 0) is 0 Å². The van der Waals surface area contributed by atoms with Crippen LogP contribution in [0, 0.1) is 0 Å². The Kier molecular flexibility index (Phi) is 1.43. The van der Waals surface area contributed by atoms with Gasteiger partial charge in [0.2, 0.25) is 0 Å². The zero-order valence-electron chi connectivity index (χ0n) is 6.09. The van der Waals surface area contributed by atoms with Gasteiger partial charge >= 0.3 is 5.69 Å². The fourth-order valence-corrected chi connectivity index (χ4v) is 1.17. The smallest absolute Gasteiger partial charge is 0.324 e. The van der Waals surface area contributed by atoms with Gasteiger partial charge in [0.15, 0.2) is 6.23 Å². The molecule has 66 valence electrons. The van der Waals surface area contributed by atoms with Gasteiger partial charge in [-0.25, -0.2) is 4.79 Å². The van der Waals surface area contributed by atoms with Crippen molar-refractivity contribution in [3.05, 3.63) is 16.2 Å². The molecule has 7 N–H and O–H groups in total. The molecule has 0 amide bonds. The summed E-state index contributed by atoms with van der Waals surface area (Å²) in [7, 11) is 0. The Labute approximate surface area is 67.0 Å². The maximum Gasteiger partial charge on any atom is 0.324 e. The minimum absolute atomic E-state index is 0.373. The molecule has 7 heteroatoms. The van der Waals surface area contributed by atoms with Crippen LogP contribution in [0.25, 0.3) is 0 Å². The van der Waals surface area contributed by atoms with Crippen molar-refractivity contribution in [2.24, 2.45) is 5.73 Å². The van der Waals surface area contributed by atoms with Crippen molar-refractivity contribution in [1.29, 1.82) is 0 Å². The Balaban J connectivity index is 2.46. The van der Waals surface area contributed by atoms with E-state index >= 15 is 0 Å². The van der Waals surface area contributed by atoms with Crippen molar-refractivity contribution in [3.8, 4) is 0 Å². The number of rotatable bonds is 0. The molecule has 1 aromatic heterocycles. The summed E-state index contributed by atoms with van der Waals surface area (Å²) in [5.41, 5.74) is 5.43. The van der Waals surface area contributed by atoms with E-state index in [0.717, 1.165) is 0 Å². The molecule has 1 aliphatic heterocycles. The molecule has 12 heavy (non-hydrogen) atoms. The number of fused-ring (bicyclic) bond motifs is 1. The van der Waals surface area contributed by atoms with Crippen LogP contribution >= 0.6 is 0 Å². The number of H-pyrrole nitrogens is 2.